The fraction of sp³-hybridized carbons (Fsp3) is 0.143. The predicted octanol–water partition coefficient (Wildman–Crippen LogP) is 2.92. The fourth-order valence-corrected chi connectivity index (χ4v) is 1.47. The monoisotopic (exact) mass is 285 g/mol. The summed E-state index contributed by atoms with van der Waals surface area (Å²) in [5.41, 5.74) is 0.851. The minimum Gasteiger partial charge on any atom is -0.257 e. The molecule has 60 valence electrons. The number of halogens is 3. The van der Waals surface area contributed by atoms with E-state index in [9.17, 15) is 4.39 Å². The molecule has 0 fully saturated rings. The van der Waals surface area contributed by atoms with Crippen molar-refractivity contribution in [3.05, 3.63) is 34.6 Å². The van der Waals surface area contributed by atoms with E-state index >= 15 is 0 Å². The van der Waals surface area contributed by atoms with Crippen molar-refractivity contribution in [2.75, 3.05) is 0 Å². The Bertz CT molecular complexity index is 234. The van der Waals surface area contributed by atoms with Crippen LogP contribution in [0.25, 0.3) is 0 Å². The molecule has 1 N–H and O–H groups in total. The van der Waals surface area contributed by atoms with Crippen LogP contribution in [0.3, 0.4) is 0 Å². The van der Waals surface area contributed by atoms with E-state index in [1.807, 2.05) is 22.9 Å². The number of nitrogens with one attached hydrogen (secondary N) is 1. The molecule has 0 aliphatic heterocycles. The summed E-state index contributed by atoms with van der Waals surface area (Å²) in [6.07, 6.45) is 0. The highest BCUT2D eigenvalue weighted by molar-refractivity contribution is 14.1. The lowest BCUT2D eigenvalue weighted by molar-refractivity contribution is 0.625. The third-order valence-electron chi connectivity index (χ3n) is 1.19. The first kappa shape index (κ1) is 9.22. The number of benzene rings is 1. The van der Waals surface area contributed by atoms with E-state index in [0.29, 0.717) is 11.6 Å². The van der Waals surface area contributed by atoms with E-state index in [4.69, 9.17) is 11.6 Å². The molecule has 11 heavy (non-hydrogen) atoms. The Kier molecular flexibility index (Phi) is 3.54. The first-order valence-corrected chi connectivity index (χ1v) is 4.46. The van der Waals surface area contributed by atoms with Gasteiger partial charge in [-0.25, -0.2) is 4.39 Å². The van der Waals surface area contributed by atoms with Crippen LogP contribution in [0.15, 0.2) is 18.2 Å². The second kappa shape index (κ2) is 4.23. The molecule has 0 radical (unpaired) electrons. The lowest BCUT2D eigenvalue weighted by atomic mass is 10.2. The Balaban J connectivity index is 2.89. The zero-order chi connectivity index (χ0) is 8.27. The van der Waals surface area contributed by atoms with Gasteiger partial charge in [-0.05, 0) is 23.8 Å². The highest BCUT2D eigenvalue weighted by atomic mass is 127. The van der Waals surface area contributed by atoms with Crippen molar-refractivity contribution in [2.24, 2.45) is 0 Å². The van der Waals surface area contributed by atoms with E-state index in [0.717, 1.165) is 5.56 Å². The predicted molar refractivity (Wildman–Crippen MR) is 52.3 cm³/mol. The zero-order valence-corrected chi connectivity index (χ0v) is 8.49. The van der Waals surface area contributed by atoms with Crippen LogP contribution in [0.1, 0.15) is 5.56 Å². The number of hydrogen-bond donors (Lipinski definition) is 1. The molecule has 0 aliphatic carbocycles. The van der Waals surface area contributed by atoms with Gasteiger partial charge in [0.15, 0.2) is 0 Å². The van der Waals surface area contributed by atoms with Gasteiger partial charge in [-0.2, -0.15) is 0 Å². The first-order valence-electron chi connectivity index (χ1n) is 3.01. The van der Waals surface area contributed by atoms with Gasteiger partial charge in [0.2, 0.25) is 0 Å². The van der Waals surface area contributed by atoms with E-state index in [1.165, 1.54) is 12.1 Å². The quantitative estimate of drug-likeness (QED) is 0.651. The molecule has 0 heterocycles. The molecule has 0 atom stereocenters. The molecular formula is C7H6ClFIN. The average Bonchev–Trinajstić information content (AvgIpc) is 1.85. The van der Waals surface area contributed by atoms with E-state index < -0.39 is 0 Å². The summed E-state index contributed by atoms with van der Waals surface area (Å²) in [7, 11) is 0. The molecule has 0 saturated carbocycles. The van der Waals surface area contributed by atoms with Crippen molar-refractivity contribution in [3.8, 4) is 0 Å². The summed E-state index contributed by atoms with van der Waals surface area (Å²) in [6, 6.07) is 4.48. The third kappa shape index (κ3) is 2.92. The van der Waals surface area contributed by atoms with Gasteiger partial charge in [0.25, 0.3) is 0 Å². The summed E-state index contributed by atoms with van der Waals surface area (Å²) < 4.78 is 15.5. The topological polar surface area (TPSA) is 12.0 Å². The van der Waals surface area contributed by atoms with Crippen LogP contribution in [0.4, 0.5) is 4.39 Å². The Morgan fingerprint density at radius 1 is 1.45 bits per heavy atom. The maximum Gasteiger partial charge on any atom is 0.125 e. The maximum atomic E-state index is 12.6. The molecular weight excluding hydrogens is 279 g/mol. The molecule has 0 unspecified atom stereocenters. The Hall–Kier alpha value is 0.130. The fourth-order valence-electron chi connectivity index (χ4n) is 0.790. The minimum atomic E-state index is -0.292. The standard InChI is InChI=1S/C7H6ClFIN/c8-6-1-5(4-11-10)2-7(9)3-6/h1-3,11H,4H2. The summed E-state index contributed by atoms with van der Waals surface area (Å²) in [5.74, 6) is -0.292. The van der Waals surface area contributed by atoms with Gasteiger partial charge < -0.3 is 0 Å². The highest BCUT2D eigenvalue weighted by Gasteiger charge is 1.97. The summed E-state index contributed by atoms with van der Waals surface area (Å²) in [5, 5.41) is 0.437. The van der Waals surface area contributed by atoms with E-state index in [2.05, 4.69) is 3.53 Å². The Labute approximate surface area is 83.4 Å². The third-order valence-corrected chi connectivity index (χ3v) is 1.79. The van der Waals surface area contributed by atoms with Gasteiger partial charge in [0.05, 0.1) is 0 Å². The first-order chi connectivity index (χ1) is 5.22. The van der Waals surface area contributed by atoms with Crippen LogP contribution in [0.2, 0.25) is 5.02 Å². The number of hydrogen-bond acceptors (Lipinski definition) is 1. The van der Waals surface area contributed by atoms with Crippen molar-refractivity contribution in [1.29, 1.82) is 0 Å². The molecule has 0 spiro atoms. The van der Waals surface area contributed by atoms with Gasteiger partial charge in [-0.3, -0.25) is 3.53 Å². The molecule has 4 heteroatoms. The average molecular weight is 285 g/mol. The van der Waals surface area contributed by atoms with Crippen molar-refractivity contribution in [3.63, 3.8) is 0 Å². The summed E-state index contributed by atoms with van der Waals surface area (Å²) >= 11 is 7.61. The zero-order valence-electron chi connectivity index (χ0n) is 5.57. The van der Waals surface area contributed by atoms with Crippen molar-refractivity contribution in [2.45, 2.75) is 6.54 Å². The minimum absolute atomic E-state index is 0.292. The molecule has 0 bridgehead atoms. The van der Waals surface area contributed by atoms with Gasteiger partial charge in [0.1, 0.15) is 5.82 Å². The summed E-state index contributed by atoms with van der Waals surface area (Å²) in [6.45, 7) is 0.623. The van der Waals surface area contributed by atoms with Crippen LogP contribution in [-0.2, 0) is 6.54 Å². The number of rotatable bonds is 2. The van der Waals surface area contributed by atoms with Crippen molar-refractivity contribution >= 4 is 34.5 Å². The van der Waals surface area contributed by atoms with Crippen LogP contribution in [-0.4, -0.2) is 0 Å². The van der Waals surface area contributed by atoms with Crippen molar-refractivity contribution in [1.82, 2.24) is 3.53 Å². The van der Waals surface area contributed by atoms with Gasteiger partial charge in [-0.1, -0.05) is 11.6 Å². The lowest BCUT2D eigenvalue weighted by Crippen LogP contribution is -1.97. The second-order valence-corrected chi connectivity index (χ2v) is 3.29. The van der Waals surface area contributed by atoms with E-state index in [1.54, 1.807) is 6.07 Å². The van der Waals surface area contributed by atoms with E-state index in [-0.39, 0.29) is 5.82 Å². The SMILES string of the molecule is Fc1cc(Cl)cc(CNI)c1. The Morgan fingerprint density at radius 2 is 2.18 bits per heavy atom. The molecule has 1 aromatic carbocycles. The highest BCUT2D eigenvalue weighted by Crippen LogP contribution is 2.13. The molecule has 1 rings (SSSR count). The van der Waals surface area contributed by atoms with Crippen LogP contribution >= 0.6 is 34.5 Å². The molecule has 0 amide bonds. The summed E-state index contributed by atoms with van der Waals surface area (Å²) in [4.78, 5) is 0. The van der Waals surface area contributed by atoms with Gasteiger partial charge in [-0.15, -0.1) is 0 Å². The van der Waals surface area contributed by atoms with Crippen LogP contribution in [0.5, 0.6) is 0 Å². The Morgan fingerprint density at radius 3 is 2.73 bits per heavy atom. The smallest absolute Gasteiger partial charge is 0.125 e. The van der Waals surface area contributed by atoms with Gasteiger partial charge >= 0.3 is 0 Å². The molecule has 0 aromatic heterocycles. The molecule has 0 aliphatic rings. The normalized spacial score (nSPS) is 10.1. The molecule has 1 nitrogen and oxygen atoms in total. The van der Waals surface area contributed by atoms with Crippen LogP contribution in [0, 0.1) is 5.82 Å². The van der Waals surface area contributed by atoms with Crippen molar-refractivity contribution < 1.29 is 4.39 Å². The largest absolute Gasteiger partial charge is 0.257 e. The molecule has 1 aromatic rings. The maximum absolute atomic E-state index is 12.6. The molecule has 0 saturated heterocycles. The van der Waals surface area contributed by atoms with Gasteiger partial charge in [0, 0.05) is 34.4 Å². The lowest BCUT2D eigenvalue weighted by Gasteiger charge is -1.99. The second-order valence-electron chi connectivity index (χ2n) is 2.09. The van der Waals surface area contributed by atoms with Crippen LogP contribution < -0.4 is 3.53 Å².